The van der Waals surface area contributed by atoms with E-state index in [0.29, 0.717) is 6.07 Å². The molecule has 0 unspecified atom stereocenters. The molecule has 0 amide bonds. The molecule has 0 atom stereocenters. The van der Waals surface area contributed by atoms with Crippen molar-refractivity contribution in [3.05, 3.63) is 57.3 Å². The lowest BCUT2D eigenvalue weighted by molar-refractivity contribution is -0.144. The summed E-state index contributed by atoms with van der Waals surface area (Å²) in [5.41, 5.74) is -5.99. The molecule has 1 aromatic carbocycles. The summed E-state index contributed by atoms with van der Waals surface area (Å²) in [5, 5.41) is 24.9. The van der Waals surface area contributed by atoms with Crippen molar-refractivity contribution in [2.45, 2.75) is 37.4 Å². The SMILES string of the molecule is [B]C([B])(CC(C)(C)O)n1ncc(-c2onc(-c3c(F)cccc3Cl)c2-c2nc(O)cc(=O)[nH]2)c1C(F)(F)F. The van der Waals surface area contributed by atoms with Crippen LogP contribution in [0.25, 0.3) is 34.0 Å². The molecule has 9 nitrogen and oxygen atoms in total. The minimum atomic E-state index is -5.14. The zero-order valence-electron chi connectivity index (χ0n) is 19.6. The van der Waals surface area contributed by atoms with Crippen LogP contribution in [-0.2, 0) is 11.5 Å². The van der Waals surface area contributed by atoms with Crippen LogP contribution < -0.4 is 5.56 Å². The van der Waals surface area contributed by atoms with Crippen molar-refractivity contribution in [1.29, 1.82) is 0 Å². The Hall–Kier alpha value is -3.58. The predicted molar refractivity (Wildman–Crippen MR) is 129 cm³/mol. The summed E-state index contributed by atoms with van der Waals surface area (Å²) in [7, 11) is 11.9. The molecule has 0 spiro atoms. The summed E-state index contributed by atoms with van der Waals surface area (Å²) in [6.07, 6.45) is -4.97. The van der Waals surface area contributed by atoms with Crippen molar-refractivity contribution in [2.75, 3.05) is 0 Å². The first kappa shape index (κ1) is 27.5. The number of hydrogen-bond donors (Lipinski definition) is 3. The average molecular weight is 547 g/mol. The Morgan fingerprint density at radius 1 is 1.21 bits per heavy atom. The van der Waals surface area contributed by atoms with Gasteiger partial charge in [0.15, 0.2) is 11.5 Å². The standard InChI is InChI=1S/C22H16B2ClF4N5O4/c1-20(2,37)8-21(23,24)34-18(22(27,28)29)9(7-30-34)17-15(19-31-12(35)6-13(36)32-19)16(33-38-17)14-10(25)4-3-5-11(14)26/h3-7,37H,8H2,1-2H3,(H2,31,32,35,36). The highest BCUT2D eigenvalue weighted by atomic mass is 35.5. The lowest BCUT2D eigenvalue weighted by atomic mass is 9.57. The van der Waals surface area contributed by atoms with Crippen LogP contribution in [0.5, 0.6) is 5.88 Å². The molecule has 4 rings (SSSR count). The monoisotopic (exact) mass is 547 g/mol. The van der Waals surface area contributed by atoms with Gasteiger partial charge in [-0.15, -0.1) is 0 Å². The Labute approximate surface area is 219 Å². The molecule has 16 heteroatoms. The fourth-order valence-corrected chi connectivity index (χ4v) is 4.27. The molecule has 4 aromatic rings. The third-order valence-electron chi connectivity index (χ3n) is 5.25. The minimum Gasteiger partial charge on any atom is -0.493 e. The number of nitrogens with zero attached hydrogens (tertiary/aromatic N) is 4. The maximum absolute atomic E-state index is 14.8. The highest BCUT2D eigenvalue weighted by Gasteiger charge is 2.44. The molecule has 3 N–H and O–H groups in total. The van der Waals surface area contributed by atoms with Crippen molar-refractivity contribution in [3.63, 3.8) is 0 Å². The molecule has 194 valence electrons. The van der Waals surface area contributed by atoms with Gasteiger partial charge in [-0.25, -0.2) is 4.39 Å². The number of halogens is 5. The van der Waals surface area contributed by atoms with E-state index in [0.717, 1.165) is 12.3 Å². The number of aliphatic hydroxyl groups is 1. The van der Waals surface area contributed by atoms with Crippen LogP contribution in [-0.4, -0.2) is 56.4 Å². The quantitative estimate of drug-likeness (QED) is 0.249. The van der Waals surface area contributed by atoms with Crippen LogP contribution in [0, 0.1) is 5.82 Å². The van der Waals surface area contributed by atoms with Crippen molar-refractivity contribution in [3.8, 4) is 39.8 Å². The lowest BCUT2D eigenvalue weighted by Gasteiger charge is -2.34. The Bertz CT molecular complexity index is 1560. The van der Waals surface area contributed by atoms with Crippen LogP contribution in [0.2, 0.25) is 5.02 Å². The first-order valence-electron chi connectivity index (χ1n) is 10.7. The van der Waals surface area contributed by atoms with E-state index in [1.54, 1.807) is 0 Å². The van der Waals surface area contributed by atoms with E-state index in [-0.39, 0.29) is 15.3 Å². The van der Waals surface area contributed by atoms with Gasteiger partial charge in [0.1, 0.15) is 17.3 Å². The van der Waals surface area contributed by atoms with Crippen LogP contribution in [0.15, 0.2) is 39.8 Å². The maximum Gasteiger partial charge on any atom is 0.433 e. The van der Waals surface area contributed by atoms with E-state index in [4.69, 9.17) is 31.8 Å². The van der Waals surface area contributed by atoms with Gasteiger partial charge in [-0.3, -0.25) is 9.48 Å². The fourth-order valence-electron chi connectivity index (χ4n) is 4.02. The van der Waals surface area contributed by atoms with Crippen molar-refractivity contribution in [2.24, 2.45) is 0 Å². The molecule has 3 aromatic heterocycles. The van der Waals surface area contributed by atoms with E-state index >= 15 is 0 Å². The summed E-state index contributed by atoms with van der Waals surface area (Å²) in [5.74, 6) is -2.89. The number of benzene rings is 1. The number of rotatable bonds is 6. The molecule has 0 fully saturated rings. The number of nitrogens with one attached hydrogen (secondary N) is 1. The third kappa shape index (κ3) is 5.20. The van der Waals surface area contributed by atoms with Gasteiger partial charge in [0.2, 0.25) is 5.88 Å². The summed E-state index contributed by atoms with van der Waals surface area (Å²) < 4.78 is 63.6. The van der Waals surface area contributed by atoms with Crippen LogP contribution in [0.4, 0.5) is 17.6 Å². The highest BCUT2D eigenvalue weighted by molar-refractivity contribution is 6.37. The zero-order chi connectivity index (χ0) is 28.2. The van der Waals surface area contributed by atoms with Crippen molar-refractivity contribution >= 4 is 27.3 Å². The first-order valence-corrected chi connectivity index (χ1v) is 11.1. The minimum absolute atomic E-state index is 0.187. The molecule has 0 aliphatic carbocycles. The Kier molecular flexibility index (Phi) is 6.73. The van der Waals surface area contributed by atoms with Gasteiger partial charge in [0.25, 0.3) is 5.56 Å². The second-order valence-electron chi connectivity index (χ2n) is 9.08. The number of aromatic nitrogens is 5. The number of aromatic hydroxyl groups is 1. The normalized spacial score (nSPS) is 12.7. The smallest absolute Gasteiger partial charge is 0.433 e. The number of aromatic amines is 1. The Balaban J connectivity index is 2.08. The molecule has 0 saturated heterocycles. The van der Waals surface area contributed by atoms with Gasteiger partial charge < -0.3 is 19.7 Å². The second-order valence-corrected chi connectivity index (χ2v) is 9.49. The topological polar surface area (TPSA) is 130 Å². The van der Waals surface area contributed by atoms with E-state index in [9.17, 15) is 32.6 Å². The Morgan fingerprint density at radius 2 is 1.89 bits per heavy atom. The number of hydrogen-bond acceptors (Lipinski definition) is 7. The predicted octanol–water partition coefficient (Wildman–Crippen LogP) is 3.58. The van der Waals surface area contributed by atoms with Gasteiger partial charge in [-0.1, -0.05) is 22.8 Å². The largest absolute Gasteiger partial charge is 0.493 e. The molecule has 4 radical (unpaired) electrons. The van der Waals surface area contributed by atoms with E-state index in [1.165, 1.54) is 26.0 Å². The summed E-state index contributed by atoms with van der Waals surface area (Å²) in [4.78, 5) is 18.1. The average Bonchev–Trinajstić information content (AvgIpc) is 3.36. The molecule has 0 bridgehead atoms. The first-order chi connectivity index (χ1) is 17.5. The molecule has 3 heterocycles. The number of alkyl halides is 3. The second kappa shape index (κ2) is 9.31. The van der Waals surface area contributed by atoms with Crippen molar-refractivity contribution in [1.82, 2.24) is 24.9 Å². The summed E-state index contributed by atoms with van der Waals surface area (Å²) in [6.45, 7) is 2.59. The van der Waals surface area contributed by atoms with Gasteiger partial charge >= 0.3 is 6.18 Å². The van der Waals surface area contributed by atoms with Gasteiger partial charge in [0, 0.05) is 0 Å². The van der Waals surface area contributed by atoms with Crippen LogP contribution in [0.1, 0.15) is 26.0 Å². The molecular weight excluding hydrogens is 531 g/mol. The summed E-state index contributed by atoms with van der Waals surface area (Å²) >= 11 is 6.15. The summed E-state index contributed by atoms with van der Waals surface area (Å²) in [6, 6.07) is 4.31. The van der Waals surface area contributed by atoms with E-state index in [1.807, 2.05) is 0 Å². The third-order valence-corrected chi connectivity index (χ3v) is 5.56. The molecule has 0 aliphatic rings. The van der Waals surface area contributed by atoms with Crippen LogP contribution >= 0.6 is 11.6 Å². The molecule has 0 saturated carbocycles. The molecular formula is C22H16B2ClF4N5O4. The Morgan fingerprint density at radius 3 is 2.47 bits per heavy atom. The molecule has 38 heavy (non-hydrogen) atoms. The number of H-pyrrole nitrogens is 1. The lowest BCUT2D eigenvalue weighted by Crippen LogP contribution is -2.44. The van der Waals surface area contributed by atoms with E-state index in [2.05, 4.69) is 20.2 Å². The van der Waals surface area contributed by atoms with Gasteiger partial charge in [-0.2, -0.15) is 23.3 Å². The fraction of sp³-hybridized carbons (Fsp3) is 0.273. The van der Waals surface area contributed by atoms with Gasteiger partial charge in [-0.05, 0) is 37.7 Å². The van der Waals surface area contributed by atoms with Crippen LogP contribution in [0.3, 0.4) is 0 Å². The van der Waals surface area contributed by atoms with Gasteiger partial charge in [0.05, 0.1) is 55.3 Å². The van der Waals surface area contributed by atoms with E-state index < -0.39 is 74.9 Å². The maximum atomic E-state index is 14.8. The van der Waals surface area contributed by atoms with Crippen molar-refractivity contribution < 1.29 is 32.3 Å². The highest BCUT2D eigenvalue weighted by Crippen LogP contribution is 2.46. The molecule has 0 aliphatic heterocycles. The zero-order valence-corrected chi connectivity index (χ0v) is 20.4.